The quantitative estimate of drug-likeness (QED) is 0.832. The average Bonchev–Trinajstić information content (AvgIpc) is 2.50. The van der Waals surface area contributed by atoms with Gasteiger partial charge in [-0.15, -0.1) is 0 Å². The molecule has 0 bridgehead atoms. The van der Waals surface area contributed by atoms with Gasteiger partial charge >= 0.3 is 0 Å². The summed E-state index contributed by atoms with van der Waals surface area (Å²) in [5.74, 6) is 1.79. The number of aliphatic hydroxyl groups is 1. The van der Waals surface area contributed by atoms with Crippen LogP contribution >= 0.6 is 11.8 Å². The van der Waals surface area contributed by atoms with Gasteiger partial charge in [0.05, 0.1) is 5.60 Å². The molecule has 1 aromatic rings. The van der Waals surface area contributed by atoms with Gasteiger partial charge in [-0.25, -0.2) is 0 Å². The van der Waals surface area contributed by atoms with Gasteiger partial charge in [-0.3, -0.25) is 4.79 Å². The van der Waals surface area contributed by atoms with Gasteiger partial charge in [0.2, 0.25) is 6.10 Å². The van der Waals surface area contributed by atoms with Gasteiger partial charge in [-0.1, -0.05) is 12.1 Å². The van der Waals surface area contributed by atoms with Crippen molar-refractivity contribution in [2.45, 2.75) is 25.0 Å². The van der Waals surface area contributed by atoms with Crippen molar-refractivity contribution >= 4 is 17.7 Å². The number of benzene rings is 1. The van der Waals surface area contributed by atoms with Gasteiger partial charge in [0, 0.05) is 6.54 Å². The number of ether oxygens (including phenoxy) is 2. The van der Waals surface area contributed by atoms with Gasteiger partial charge < -0.3 is 19.9 Å². The summed E-state index contributed by atoms with van der Waals surface area (Å²) in [6.07, 6.45) is 1.93. The number of hydrogen-bond acceptors (Lipinski definition) is 5. The normalized spacial score (nSPS) is 19.7. The van der Waals surface area contributed by atoms with Crippen LogP contribution in [0, 0.1) is 0 Å². The fraction of sp³-hybridized carbons (Fsp3) is 0.533. The van der Waals surface area contributed by atoms with Crippen LogP contribution in [-0.4, -0.2) is 47.9 Å². The van der Waals surface area contributed by atoms with Crippen molar-refractivity contribution in [1.82, 2.24) is 5.32 Å². The minimum atomic E-state index is -0.911. The number of nitrogens with one attached hydrogen (secondary N) is 1. The van der Waals surface area contributed by atoms with Crippen molar-refractivity contribution < 1.29 is 19.4 Å². The first-order chi connectivity index (χ1) is 10.0. The van der Waals surface area contributed by atoms with Crippen molar-refractivity contribution in [3.8, 4) is 11.5 Å². The SMILES string of the molecule is CSCC[C@@](C)(O)CNC(=O)[C@H]1COc2ccccc2O1. The fourth-order valence-corrected chi connectivity index (χ4v) is 2.59. The molecule has 1 aliphatic heterocycles. The Bertz CT molecular complexity index is 492. The molecule has 5 nitrogen and oxygen atoms in total. The number of fused-ring (bicyclic) bond motifs is 1. The second-order valence-corrected chi connectivity index (χ2v) is 6.31. The molecule has 0 saturated heterocycles. The van der Waals surface area contributed by atoms with E-state index in [4.69, 9.17) is 9.47 Å². The molecule has 0 spiro atoms. The van der Waals surface area contributed by atoms with Crippen molar-refractivity contribution in [3.05, 3.63) is 24.3 Å². The van der Waals surface area contributed by atoms with Crippen LogP contribution in [0.15, 0.2) is 24.3 Å². The second kappa shape index (κ2) is 7.04. The number of para-hydroxylation sites is 2. The molecule has 6 heteroatoms. The Morgan fingerprint density at radius 2 is 2.19 bits per heavy atom. The molecule has 2 N–H and O–H groups in total. The van der Waals surface area contributed by atoms with Crippen LogP contribution in [0.25, 0.3) is 0 Å². The highest BCUT2D eigenvalue weighted by molar-refractivity contribution is 7.98. The van der Waals surface area contributed by atoms with Crippen LogP contribution in [0.3, 0.4) is 0 Å². The third kappa shape index (κ3) is 4.54. The number of carbonyl (C=O) groups excluding carboxylic acids is 1. The summed E-state index contributed by atoms with van der Waals surface area (Å²) in [7, 11) is 0. The Morgan fingerprint density at radius 1 is 1.48 bits per heavy atom. The molecule has 116 valence electrons. The van der Waals surface area contributed by atoms with E-state index >= 15 is 0 Å². The maximum atomic E-state index is 12.1. The largest absolute Gasteiger partial charge is 0.485 e. The maximum absolute atomic E-state index is 12.1. The molecule has 2 rings (SSSR count). The smallest absolute Gasteiger partial charge is 0.264 e. The zero-order valence-corrected chi connectivity index (χ0v) is 13.1. The van der Waals surface area contributed by atoms with E-state index in [1.54, 1.807) is 30.8 Å². The van der Waals surface area contributed by atoms with E-state index in [0.717, 1.165) is 5.75 Å². The van der Waals surface area contributed by atoms with Crippen LogP contribution in [0.5, 0.6) is 11.5 Å². The molecule has 0 aromatic heterocycles. The van der Waals surface area contributed by atoms with E-state index in [-0.39, 0.29) is 19.1 Å². The minimum absolute atomic E-state index is 0.176. The highest BCUT2D eigenvalue weighted by atomic mass is 32.2. The first-order valence-electron chi connectivity index (χ1n) is 6.89. The van der Waals surface area contributed by atoms with E-state index in [1.165, 1.54) is 0 Å². The summed E-state index contributed by atoms with van der Waals surface area (Å²) in [5, 5.41) is 12.9. The summed E-state index contributed by atoms with van der Waals surface area (Å²) >= 11 is 1.67. The van der Waals surface area contributed by atoms with Gasteiger partial charge in [0.25, 0.3) is 5.91 Å². The van der Waals surface area contributed by atoms with E-state index in [0.29, 0.717) is 17.9 Å². The van der Waals surface area contributed by atoms with Crippen LogP contribution in [0.4, 0.5) is 0 Å². The van der Waals surface area contributed by atoms with E-state index in [2.05, 4.69) is 5.32 Å². The molecule has 0 saturated carbocycles. The van der Waals surface area contributed by atoms with E-state index in [1.807, 2.05) is 18.4 Å². The van der Waals surface area contributed by atoms with Gasteiger partial charge in [-0.2, -0.15) is 11.8 Å². The minimum Gasteiger partial charge on any atom is -0.485 e. The third-order valence-electron chi connectivity index (χ3n) is 3.29. The van der Waals surface area contributed by atoms with Gasteiger partial charge in [-0.05, 0) is 37.5 Å². The summed E-state index contributed by atoms with van der Waals surface area (Å²) < 4.78 is 11.1. The molecule has 1 heterocycles. The molecule has 0 unspecified atom stereocenters. The second-order valence-electron chi connectivity index (χ2n) is 5.32. The lowest BCUT2D eigenvalue weighted by Crippen LogP contribution is -2.48. The molecule has 21 heavy (non-hydrogen) atoms. The van der Waals surface area contributed by atoms with E-state index < -0.39 is 11.7 Å². The van der Waals surface area contributed by atoms with Crippen LogP contribution < -0.4 is 14.8 Å². The first-order valence-corrected chi connectivity index (χ1v) is 8.29. The lowest BCUT2D eigenvalue weighted by molar-refractivity contribution is -0.131. The van der Waals surface area contributed by atoms with Crippen molar-refractivity contribution in [3.63, 3.8) is 0 Å². The predicted octanol–water partition coefficient (Wildman–Crippen LogP) is 1.45. The standard InChI is InChI=1S/C15H21NO4S/c1-15(18,7-8-21-2)10-16-14(17)13-9-19-11-5-3-4-6-12(11)20-13/h3-6,13,18H,7-10H2,1-2H3,(H,16,17)/t13-,15-/m1/s1. The summed E-state index contributed by atoms with van der Waals surface area (Å²) in [4.78, 5) is 12.1. The van der Waals surface area contributed by atoms with Crippen molar-refractivity contribution in [2.75, 3.05) is 25.2 Å². The number of thioether (sulfide) groups is 1. The topological polar surface area (TPSA) is 67.8 Å². The molecular weight excluding hydrogens is 290 g/mol. The first kappa shape index (κ1) is 16.0. The lowest BCUT2D eigenvalue weighted by atomic mass is 10.0. The van der Waals surface area contributed by atoms with Crippen molar-refractivity contribution in [2.24, 2.45) is 0 Å². The molecule has 0 fully saturated rings. The predicted molar refractivity (Wildman–Crippen MR) is 83.0 cm³/mol. The van der Waals surface area contributed by atoms with Crippen LogP contribution in [0.1, 0.15) is 13.3 Å². The summed E-state index contributed by atoms with van der Waals surface area (Å²) in [5.41, 5.74) is -0.911. The number of amides is 1. The zero-order valence-electron chi connectivity index (χ0n) is 12.3. The average molecular weight is 311 g/mol. The molecule has 1 aromatic carbocycles. The Morgan fingerprint density at radius 3 is 2.90 bits per heavy atom. The molecule has 2 atom stereocenters. The maximum Gasteiger partial charge on any atom is 0.264 e. The van der Waals surface area contributed by atoms with Crippen LogP contribution in [0.2, 0.25) is 0 Å². The molecule has 1 amide bonds. The number of carbonyl (C=O) groups is 1. The highest BCUT2D eigenvalue weighted by Crippen LogP contribution is 2.30. The zero-order chi connectivity index (χ0) is 15.3. The Kier molecular flexibility index (Phi) is 5.36. The lowest BCUT2D eigenvalue weighted by Gasteiger charge is -2.28. The molecule has 1 aliphatic rings. The molecule has 0 aliphatic carbocycles. The fourth-order valence-electron chi connectivity index (χ4n) is 1.95. The van der Waals surface area contributed by atoms with Gasteiger partial charge in [0.1, 0.15) is 6.61 Å². The van der Waals surface area contributed by atoms with E-state index in [9.17, 15) is 9.90 Å². The number of hydrogen-bond donors (Lipinski definition) is 2. The number of rotatable bonds is 6. The Balaban J connectivity index is 1.85. The summed E-state index contributed by atoms with van der Waals surface area (Å²) in [6, 6.07) is 7.25. The van der Waals surface area contributed by atoms with Crippen LogP contribution in [-0.2, 0) is 4.79 Å². The third-order valence-corrected chi connectivity index (χ3v) is 3.90. The molecular formula is C15H21NO4S. The Labute approximate surface area is 129 Å². The Hall–Kier alpha value is -1.40. The summed E-state index contributed by atoms with van der Waals surface area (Å²) in [6.45, 7) is 2.10. The monoisotopic (exact) mass is 311 g/mol. The van der Waals surface area contributed by atoms with Gasteiger partial charge in [0.15, 0.2) is 11.5 Å². The highest BCUT2D eigenvalue weighted by Gasteiger charge is 2.29. The molecule has 0 radical (unpaired) electrons. The van der Waals surface area contributed by atoms with Crippen molar-refractivity contribution in [1.29, 1.82) is 0 Å².